The molecule has 1 saturated heterocycles. The fourth-order valence-electron chi connectivity index (χ4n) is 2.32. The van der Waals surface area contributed by atoms with Crippen molar-refractivity contribution >= 4 is 19.7 Å². The number of hydrogen-bond donors (Lipinski definition) is 0. The van der Waals surface area contributed by atoms with E-state index in [4.69, 9.17) is 0 Å². The lowest BCUT2D eigenvalue weighted by molar-refractivity contribution is 0.276. The van der Waals surface area contributed by atoms with Crippen molar-refractivity contribution in [3.8, 4) is 0 Å². The largest absolute Gasteiger partial charge is 0.301 e. The molecule has 1 aliphatic rings. The van der Waals surface area contributed by atoms with Gasteiger partial charge in [-0.15, -0.1) is 0 Å². The van der Waals surface area contributed by atoms with Crippen molar-refractivity contribution in [2.45, 2.75) is 17.4 Å². The maximum atomic E-state index is 12.1. The van der Waals surface area contributed by atoms with Gasteiger partial charge in [-0.1, -0.05) is 18.2 Å². The van der Waals surface area contributed by atoms with E-state index in [1.54, 1.807) is 37.4 Å². The number of hydrogen-bond acceptors (Lipinski definition) is 5. The maximum absolute atomic E-state index is 12.1. The Morgan fingerprint density at radius 2 is 1.90 bits per heavy atom. The minimum Gasteiger partial charge on any atom is -0.301 e. The Hall–Kier alpha value is -0.920. The van der Waals surface area contributed by atoms with Gasteiger partial charge in [0.05, 0.1) is 22.2 Å². The Morgan fingerprint density at radius 1 is 1.25 bits per heavy atom. The molecule has 2 rings (SSSR count). The average molecular weight is 317 g/mol. The topological polar surface area (TPSA) is 71.5 Å². The normalized spacial score (nSPS) is 22.2. The van der Waals surface area contributed by atoms with Crippen LogP contribution in [0.4, 0.5) is 0 Å². The third kappa shape index (κ3) is 3.80. The monoisotopic (exact) mass is 317 g/mol. The van der Waals surface area contributed by atoms with E-state index < -0.39 is 19.7 Å². The van der Waals surface area contributed by atoms with Gasteiger partial charge in [0.2, 0.25) is 0 Å². The van der Waals surface area contributed by atoms with Crippen molar-refractivity contribution in [2.75, 3.05) is 30.9 Å². The number of benzene rings is 1. The summed E-state index contributed by atoms with van der Waals surface area (Å²) in [4.78, 5) is 2.15. The van der Waals surface area contributed by atoms with Gasteiger partial charge in [-0.05, 0) is 25.6 Å². The molecule has 0 spiro atoms. The fraction of sp³-hybridized carbons (Fsp3) is 0.538. The first-order valence-corrected chi connectivity index (χ1v) is 9.96. The second-order valence-electron chi connectivity index (χ2n) is 5.17. The van der Waals surface area contributed by atoms with Crippen molar-refractivity contribution < 1.29 is 16.8 Å². The van der Waals surface area contributed by atoms with E-state index in [1.807, 2.05) is 4.90 Å². The Morgan fingerprint density at radius 3 is 2.45 bits per heavy atom. The lowest BCUT2D eigenvalue weighted by Gasteiger charge is -2.22. The second-order valence-corrected chi connectivity index (χ2v) is 9.51. The summed E-state index contributed by atoms with van der Waals surface area (Å²) in [5.41, 5.74) is 0. The van der Waals surface area contributed by atoms with Gasteiger partial charge in [0.1, 0.15) is 0 Å². The molecule has 5 nitrogen and oxygen atoms in total. The van der Waals surface area contributed by atoms with Crippen LogP contribution in [0.1, 0.15) is 6.42 Å². The maximum Gasteiger partial charge on any atom is 0.179 e. The number of nitrogens with zero attached hydrogens (tertiary/aromatic N) is 1. The van der Waals surface area contributed by atoms with E-state index in [0.717, 1.165) is 0 Å². The summed E-state index contributed by atoms with van der Waals surface area (Å²) in [5.74, 6) is 0.340. The summed E-state index contributed by atoms with van der Waals surface area (Å²) < 4.78 is 47.1. The van der Waals surface area contributed by atoms with Crippen LogP contribution in [0.3, 0.4) is 0 Å². The van der Waals surface area contributed by atoms with E-state index in [1.165, 1.54) is 0 Å². The summed E-state index contributed by atoms with van der Waals surface area (Å²) in [6.07, 6.45) is 0.588. The molecule has 1 fully saturated rings. The van der Waals surface area contributed by atoms with E-state index in [-0.39, 0.29) is 23.3 Å². The quantitative estimate of drug-likeness (QED) is 0.794. The van der Waals surface area contributed by atoms with Gasteiger partial charge in [-0.2, -0.15) is 0 Å². The zero-order chi connectivity index (χ0) is 14.8. The average Bonchev–Trinajstić information content (AvgIpc) is 2.78. The van der Waals surface area contributed by atoms with Gasteiger partial charge in [-0.25, -0.2) is 16.8 Å². The van der Waals surface area contributed by atoms with Crippen LogP contribution in [0.5, 0.6) is 0 Å². The molecule has 1 heterocycles. The molecule has 0 aliphatic carbocycles. The van der Waals surface area contributed by atoms with Gasteiger partial charge in [0.25, 0.3) is 0 Å². The molecule has 0 amide bonds. The van der Waals surface area contributed by atoms with Gasteiger partial charge in [-0.3, -0.25) is 0 Å². The molecule has 0 unspecified atom stereocenters. The van der Waals surface area contributed by atoms with Gasteiger partial charge >= 0.3 is 0 Å². The minimum atomic E-state index is -3.30. The third-order valence-electron chi connectivity index (χ3n) is 3.65. The molecule has 1 aliphatic heterocycles. The van der Waals surface area contributed by atoms with Crippen molar-refractivity contribution in [1.82, 2.24) is 4.90 Å². The Balaban J connectivity index is 1.95. The molecule has 112 valence electrons. The van der Waals surface area contributed by atoms with Crippen LogP contribution in [0.15, 0.2) is 35.2 Å². The molecule has 0 saturated carbocycles. The molecular formula is C13H19NO4S2. The minimum absolute atomic E-state index is 0.00403. The summed E-state index contributed by atoms with van der Waals surface area (Å²) in [6, 6.07) is 8.26. The van der Waals surface area contributed by atoms with Gasteiger partial charge in [0.15, 0.2) is 19.7 Å². The third-order valence-corrected chi connectivity index (χ3v) is 7.11. The van der Waals surface area contributed by atoms with E-state index in [0.29, 0.717) is 17.9 Å². The Kier molecular flexibility index (Phi) is 4.51. The Labute approximate surface area is 120 Å². The van der Waals surface area contributed by atoms with Crippen LogP contribution in [-0.4, -0.2) is 58.6 Å². The van der Waals surface area contributed by atoms with Crippen LogP contribution in [0.2, 0.25) is 0 Å². The zero-order valence-corrected chi connectivity index (χ0v) is 13.0. The fourth-order valence-corrected chi connectivity index (χ4v) is 5.46. The van der Waals surface area contributed by atoms with Crippen molar-refractivity contribution in [1.29, 1.82) is 0 Å². The first kappa shape index (κ1) is 15.5. The smallest absolute Gasteiger partial charge is 0.179 e. The first-order chi connectivity index (χ1) is 9.30. The SMILES string of the molecule is CN(CCS(=O)(=O)c1ccccc1)[C@@H]1CCS(=O)(=O)C1. The summed E-state index contributed by atoms with van der Waals surface area (Å²) in [7, 11) is -4.46. The highest BCUT2D eigenvalue weighted by Gasteiger charge is 2.31. The lowest BCUT2D eigenvalue weighted by Crippen LogP contribution is -2.36. The van der Waals surface area contributed by atoms with Gasteiger partial charge < -0.3 is 4.90 Å². The molecule has 1 aromatic rings. The lowest BCUT2D eigenvalue weighted by atomic mass is 10.2. The summed E-state index contributed by atoms with van der Waals surface area (Å²) in [6.45, 7) is 0.345. The highest BCUT2D eigenvalue weighted by Crippen LogP contribution is 2.17. The number of sulfone groups is 2. The number of rotatable bonds is 5. The van der Waals surface area contributed by atoms with Crippen molar-refractivity contribution in [3.63, 3.8) is 0 Å². The predicted octanol–water partition coefficient (Wildman–Crippen LogP) is 0.579. The molecule has 20 heavy (non-hydrogen) atoms. The van der Waals surface area contributed by atoms with Crippen LogP contribution in [-0.2, 0) is 19.7 Å². The zero-order valence-electron chi connectivity index (χ0n) is 11.4. The van der Waals surface area contributed by atoms with E-state index >= 15 is 0 Å². The molecule has 0 N–H and O–H groups in total. The summed E-state index contributed by atoms with van der Waals surface area (Å²) in [5, 5.41) is 0. The molecular weight excluding hydrogens is 298 g/mol. The Bertz CT molecular complexity index is 653. The van der Waals surface area contributed by atoms with Crippen molar-refractivity contribution in [2.24, 2.45) is 0 Å². The van der Waals surface area contributed by atoms with Gasteiger partial charge in [0, 0.05) is 12.6 Å². The van der Waals surface area contributed by atoms with Crippen LogP contribution in [0.25, 0.3) is 0 Å². The standard InChI is InChI=1S/C13H19NO4S2/c1-14(12-7-9-19(15,16)11-12)8-10-20(17,18)13-5-3-2-4-6-13/h2-6,12H,7-11H2,1H3/t12-/m1/s1. The van der Waals surface area contributed by atoms with E-state index in [9.17, 15) is 16.8 Å². The molecule has 0 bridgehead atoms. The molecule has 0 radical (unpaired) electrons. The van der Waals surface area contributed by atoms with Crippen molar-refractivity contribution in [3.05, 3.63) is 30.3 Å². The van der Waals surface area contributed by atoms with E-state index in [2.05, 4.69) is 0 Å². The highest BCUT2D eigenvalue weighted by atomic mass is 32.2. The molecule has 0 aromatic heterocycles. The van der Waals surface area contributed by atoms with Crippen LogP contribution < -0.4 is 0 Å². The second kappa shape index (κ2) is 5.83. The molecule has 1 aromatic carbocycles. The van der Waals surface area contributed by atoms with Crippen LogP contribution in [0, 0.1) is 0 Å². The first-order valence-electron chi connectivity index (χ1n) is 6.49. The predicted molar refractivity (Wildman–Crippen MR) is 78.2 cm³/mol. The summed E-state index contributed by atoms with van der Waals surface area (Å²) >= 11 is 0. The highest BCUT2D eigenvalue weighted by molar-refractivity contribution is 7.91. The molecule has 1 atom stereocenters. The molecule has 7 heteroatoms. The van der Waals surface area contributed by atoms with Crippen LogP contribution >= 0.6 is 0 Å².